The summed E-state index contributed by atoms with van der Waals surface area (Å²) in [6.45, 7) is 0.926. The first-order valence-electron chi connectivity index (χ1n) is 8.98. The summed E-state index contributed by atoms with van der Waals surface area (Å²) in [6.07, 6.45) is 7.14. The molecule has 0 bridgehead atoms. The van der Waals surface area contributed by atoms with Crippen molar-refractivity contribution in [1.82, 2.24) is 9.78 Å². The molecule has 2 N–H and O–H groups in total. The molecule has 0 aliphatic heterocycles. The van der Waals surface area contributed by atoms with Crippen LogP contribution in [0, 0.1) is 11.7 Å². The van der Waals surface area contributed by atoms with Crippen molar-refractivity contribution in [3.8, 4) is 0 Å². The number of halogens is 1. The molecule has 0 atom stereocenters. The van der Waals surface area contributed by atoms with Crippen LogP contribution in [0.15, 0.2) is 48.7 Å². The zero-order valence-electron chi connectivity index (χ0n) is 14.9. The van der Waals surface area contributed by atoms with Crippen molar-refractivity contribution >= 4 is 34.5 Å². The van der Waals surface area contributed by atoms with Crippen molar-refractivity contribution in [3.05, 3.63) is 65.6 Å². The fraction of sp³-hybridized carbons (Fsp3) is 0.190. The summed E-state index contributed by atoms with van der Waals surface area (Å²) in [7, 11) is 0. The minimum atomic E-state index is -1.31. The average molecular weight is 379 g/mol. The lowest BCUT2D eigenvalue weighted by atomic mass is 10.1. The number of hydrogen-bond acceptors (Lipinski definition) is 3. The van der Waals surface area contributed by atoms with Crippen molar-refractivity contribution in [3.63, 3.8) is 0 Å². The van der Waals surface area contributed by atoms with Crippen LogP contribution in [-0.4, -0.2) is 26.8 Å². The number of carboxylic acids is 1. The standard InChI is InChI=1S/C21H18FN3O3/c22-17-3-1-2-16(21(27)28)20(17)24-19(26)9-7-13-6-8-18-15(10-13)11-23-25(18)12-14-4-5-14/h1-3,6-11,14H,4-5,12H2,(H,24,26)(H,27,28)/b9-7+. The minimum absolute atomic E-state index is 0.300. The Labute approximate surface area is 160 Å². The number of nitrogens with zero attached hydrogens (tertiary/aromatic N) is 2. The predicted octanol–water partition coefficient (Wildman–Crippen LogP) is 3.94. The number of aromatic carboxylic acids is 1. The van der Waals surface area contributed by atoms with Crippen LogP contribution in [0.5, 0.6) is 0 Å². The van der Waals surface area contributed by atoms with Crippen LogP contribution >= 0.6 is 0 Å². The van der Waals surface area contributed by atoms with E-state index in [-0.39, 0.29) is 11.3 Å². The maximum absolute atomic E-state index is 13.9. The molecule has 1 aromatic heterocycles. The number of fused-ring (bicyclic) bond motifs is 1. The Morgan fingerprint density at radius 3 is 2.86 bits per heavy atom. The molecule has 0 radical (unpaired) electrons. The lowest BCUT2D eigenvalue weighted by Crippen LogP contribution is -2.13. The molecule has 2 aromatic carbocycles. The molecule has 1 amide bonds. The van der Waals surface area contributed by atoms with E-state index in [2.05, 4.69) is 10.4 Å². The fourth-order valence-electron chi connectivity index (χ4n) is 3.07. The summed E-state index contributed by atoms with van der Waals surface area (Å²) < 4.78 is 15.9. The van der Waals surface area contributed by atoms with Gasteiger partial charge in [0, 0.05) is 18.0 Å². The smallest absolute Gasteiger partial charge is 0.337 e. The molecule has 1 saturated carbocycles. The van der Waals surface area contributed by atoms with Crippen LogP contribution in [0.3, 0.4) is 0 Å². The van der Waals surface area contributed by atoms with E-state index >= 15 is 0 Å². The average Bonchev–Trinajstić information content (AvgIpc) is 3.40. The maximum atomic E-state index is 13.9. The largest absolute Gasteiger partial charge is 0.478 e. The zero-order valence-corrected chi connectivity index (χ0v) is 14.9. The normalized spacial score (nSPS) is 13.9. The second-order valence-electron chi connectivity index (χ2n) is 6.88. The molecular formula is C21H18FN3O3. The SMILES string of the molecule is O=C(/C=C/c1ccc2c(cnn2CC2CC2)c1)Nc1c(F)cccc1C(=O)O. The Bertz CT molecular complexity index is 1100. The van der Waals surface area contributed by atoms with Crippen molar-refractivity contribution < 1.29 is 19.1 Å². The zero-order chi connectivity index (χ0) is 19.7. The van der Waals surface area contributed by atoms with Crippen LogP contribution in [0.4, 0.5) is 10.1 Å². The van der Waals surface area contributed by atoms with Crippen molar-refractivity contribution in [2.24, 2.45) is 5.92 Å². The van der Waals surface area contributed by atoms with Crippen LogP contribution in [0.2, 0.25) is 0 Å². The number of benzene rings is 2. The third-order valence-corrected chi connectivity index (χ3v) is 4.71. The number of rotatable bonds is 6. The van der Waals surface area contributed by atoms with E-state index in [9.17, 15) is 14.0 Å². The van der Waals surface area contributed by atoms with Crippen molar-refractivity contribution in [1.29, 1.82) is 0 Å². The van der Waals surface area contributed by atoms with Crippen LogP contribution in [0.25, 0.3) is 17.0 Å². The molecule has 28 heavy (non-hydrogen) atoms. The van der Waals surface area contributed by atoms with Gasteiger partial charge in [-0.05, 0) is 54.7 Å². The second-order valence-corrected chi connectivity index (χ2v) is 6.88. The molecule has 7 heteroatoms. The maximum Gasteiger partial charge on any atom is 0.337 e. The van der Waals surface area contributed by atoms with Gasteiger partial charge in [-0.2, -0.15) is 5.10 Å². The number of aromatic nitrogens is 2. The summed E-state index contributed by atoms with van der Waals surface area (Å²) in [6, 6.07) is 9.37. The molecular weight excluding hydrogens is 361 g/mol. The second kappa shape index (κ2) is 7.26. The van der Waals surface area contributed by atoms with Gasteiger partial charge in [0.2, 0.25) is 5.91 Å². The van der Waals surface area contributed by atoms with E-state index in [1.165, 1.54) is 31.1 Å². The highest BCUT2D eigenvalue weighted by molar-refractivity contribution is 6.06. The van der Waals surface area contributed by atoms with Gasteiger partial charge in [0.15, 0.2) is 0 Å². The molecule has 0 saturated heterocycles. The van der Waals surface area contributed by atoms with Gasteiger partial charge in [0.05, 0.1) is 23.0 Å². The van der Waals surface area contributed by atoms with Crippen LogP contribution < -0.4 is 5.32 Å². The summed E-state index contributed by atoms with van der Waals surface area (Å²) in [5, 5.41) is 16.8. The van der Waals surface area contributed by atoms with E-state index in [1.54, 1.807) is 12.3 Å². The molecule has 1 fully saturated rings. The first-order chi connectivity index (χ1) is 13.5. The quantitative estimate of drug-likeness (QED) is 0.636. The van der Waals surface area contributed by atoms with E-state index in [1.807, 2.05) is 22.9 Å². The molecule has 0 spiro atoms. The third kappa shape index (κ3) is 3.78. The first kappa shape index (κ1) is 17.9. The van der Waals surface area contributed by atoms with E-state index in [0.717, 1.165) is 35.0 Å². The minimum Gasteiger partial charge on any atom is -0.478 e. The van der Waals surface area contributed by atoms with Gasteiger partial charge in [-0.1, -0.05) is 12.1 Å². The number of carbonyl (C=O) groups excluding carboxylic acids is 1. The van der Waals surface area contributed by atoms with Gasteiger partial charge in [-0.15, -0.1) is 0 Å². The highest BCUT2D eigenvalue weighted by Crippen LogP contribution is 2.31. The first-order valence-corrected chi connectivity index (χ1v) is 8.98. The van der Waals surface area contributed by atoms with Gasteiger partial charge >= 0.3 is 5.97 Å². The Morgan fingerprint density at radius 1 is 1.29 bits per heavy atom. The van der Waals surface area contributed by atoms with Gasteiger partial charge in [0.25, 0.3) is 0 Å². The number of amides is 1. The summed E-state index contributed by atoms with van der Waals surface area (Å²) in [5.41, 5.74) is 1.19. The number of anilines is 1. The lowest BCUT2D eigenvalue weighted by Gasteiger charge is -2.07. The molecule has 1 aliphatic carbocycles. The summed E-state index contributed by atoms with van der Waals surface area (Å²) in [5.74, 6) is -2.00. The molecule has 3 aromatic rings. The molecule has 4 rings (SSSR count). The molecule has 142 valence electrons. The Kier molecular flexibility index (Phi) is 4.65. The third-order valence-electron chi connectivity index (χ3n) is 4.71. The predicted molar refractivity (Wildman–Crippen MR) is 103 cm³/mol. The Balaban J connectivity index is 1.49. The topological polar surface area (TPSA) is 84.2 Å². The Morgan fingerprint density at radius 2 is 2.11 bits per heavy atom. The van der Waals surface area contributed by atoms with Crippen molar-refractivity contribution in [2.45, 2.75) is 19.4 Å². The highest BCUT2D eigenvalue weighted by Gasteiger charge is 2.22. The molecule has 6 nitrogen and oxygen atoms in total. The number of hydrogen-bond donors (Lipinski definition) is 2. The molecule has 1 aliphatic rings. The lowest BCUT2D eigenvalue weighted by molar-refractivity contribution is -0.111. The van der Waals surface area contributed by atoms with E-state index in [0.29, 0.717) is 0 Å². The van der Waals surface area contributed by atoms with E-state index in [4.69, 9.17) is 5.11 Å². The molecule has 1 heterocycles. The monoisotopic (exact) mass is 379 g/mol. The fourth-order valence-corrected chi connectivity index (χ4v) is 3.07. The number of carboxylic acid groups (broad SMARTS) is 1. The highest BCUT2D eigenvalue weighted by atomic mass is 19.1. The number of nitrogens with one attached hydrogen (secondary N) is 1. The van der Waals surface area contributed by atoms with Crippen LogP contribution in [-0.2, 0) is 11.3 Å². The summed E-state index contributed by atoms with van der Waals surface area (Å²) >= 11 is 0. The number of carbonyl (C=O) groups is 2. The van der Waals surface area contributed by atoms with Gasteiger partial charge in [-0.25, -0.2) is 9.18 Å². The van der Waals surface area contributed by atoms with Crippen molar-refractivity contribution in [2.75, 3.05) is 5.32 Å². The summed E-state index contributed by atoms with van der Waals surface area (Å²) in [4.78, 5) is 23.3. The van der Waals surface area contributed by atoms with E-state index < -0.39 is 17.7 Å². The van der Waals surface area contributed by atoms with Crippen LogP contribution in [0.1, 0.15) is 28.8 Å². The van der Waals surface area contributed by atoms with Gasteiger partial charge < -0.3 is 10.4 Å². The Hall–Kier alpha value is -3.48. The van der Waals surface area contributed by atoms with Gasteiger partial charge in [-0.3, -0.25) is 9.48 Å². The number of para-hydroxylation sites is 1. The van der Waals surface area contributed by atoms with Gasteiger partial charge in [0.1, 0.15) is 5.82 Å². The molecule has 0 unspecified atom stereocenters.